The molecule has 0 aliphatic carbocycles. The van der Waals surface area contributed by atoms with Crippen molar-refractivity contribution in [1.29, 1.82) is 0 Å². The molecule has 1 aliphatic heterocycles. The zero-order chi connectivity index (χ0) is 28.1. The van der Waals surface area contributed by atoms with Crippen LogP contribution in [-0.4, -0.2) is 45.2 Å². The van der Waals surface area contributed by atoms with Crippen LogP contribution in [0.3, 0.4) is 0 Å². The van der Waals surface area contributed by atoms with Gasteiger partial charge in [0.25, 0.3) is 5.78 Å². The summed E-state index contributed by atoms with van der Waals surface area (Å²) in [6, 6.07) is 17.3. The van der Waals surface area contributed by atoms with Crippen LogP contribution in [0.4, 0.5) is 5.13 Å². The fourth-order valence-electron chi connectivity index (χ4n) is 4.33. The number of rotatable bonds is 10. The third-order valence-corrected chi connectivity index (χ3v) is 8.22. The Kier molecular flexibility index (Phi) is 8.42. The van der Waals surface area contributed by atoms with Gasteiger partial charge >= 0.3 is 5.91 Å². The average molecular weight is 575 g/mol. The lowest BCUT2D eigenvalue weighted by molar-refractivity contribution is -0.132. The van der Waals surface area contributed by atoms with Gasteiger partial charge in [0, 0.05) is 23.7 Å². The predicted molar refractivity (Wildman–Crippen MR) is 154 cm³/mol. The van der Waals surface area contributed by atoms with E-state index in [4.69, 9.17) is 9.47 Å². The fourth-order valence-corrected chi connectivity index (χ4v) is 6.15. The van der Waals surface area contributed by atoms with Crippen molar-refractivity contribution in [2.24, 2.45) is 0 Å². The summed E-state index contributed by atoms with van der Waals surface area (Å²) in [7, 11) is 0. The van der Waals surface area contributed by atoms with Crippen LogP contribution in [0.15, 0.2) is 83.0 Å². The fraction of sp³-hybridized carbons (Fsp3) is 0.207. The summed E-state index contributed by atoms with van der Waals surface area (Å²) >= 11 is 2.70. The lowest BCUT2D eigenvalue weighted by Gasteiger charge is -2.23. The second kappa shape index (κ2) is 12.3. The molecular weight excluding hydrogens is 548 g/mol. The van der Waals surface area contributed by atoms with Crippen LogP contribution >= 0.6 is 23.1 Å². The Balaban J connectivity index is 1.58. The number of hydrogen-bond donors (Lipinski definition) is 1. The molecule has 11 heteroatoms. The number of aromatic nitrogens is 3. The largest absolute Gasteiger partial charge is 0.507 e. The third-order valence-electron chi connectivity index (χ3n) is 6.09. The summed E-state index contributed by atoms with van der Waals surface area (Å²) in [6.07, 6.45) is 3.01. The summed E-state index contributed by atoms with van der Waals surface area (Å²) < 4.78 is 12.2. The van der Waals surface area contributed by atoms with E-state index in [0.717, 1.165) is 5.56 Å². The molecule has 1 saturated heterocycles. The monoisotopic (exact) mass is 574 g/mol. The second-order valence-corrected chi connectivity index (χ2v) is 10.8. The molecule has 0 spiro atoms. The standard InChI is InChI=1S/C29H26N4O5S2/c1-3-37-21-11-10-20(16-22(21)38-4-2)24-23(25(34)19-12-14-30-15-13-19)26(35)27(36)33(24)28-31-32-29(40-28)39-17-18-8-6-5-7-9-18/h5-16,24,34H,3-4,17H2,1-2H3. The van der Waals surface area contributed by atoms with Gasteiger partial charge in [-0.15, -0.1) is 10.2 Å². The Morgan fingerprint density at radius 3 is 2.42 bits per heavy atom. The van der Waals surface area contributed by atoms with Crippen molar-refractivity contribution in [3.8, 4) is 11.5 Å². The van der Waals surface area contributed by atoms with Gasteiger partial charge in [0.2, 0.25) is 5.13 Å². The molecule has 5 rings (SSSR count). The SMILES string of the molecule is CCOc1ccc(C2C(=C(O)c3ccncc3)C(=O)C(=O)N2c2nnc(SCc3ccccc3)s2)cc1OCC. The number of Topliss-reactive ketones (excluding diaryl/α,β-unsaturated/α-hetero) is 1. The van der Waals surface area contributed by atoms with E-state index < -0.39 is 17.7 Å². The summed E-state index contributed by atoms with van der Waals surface area (Å²) in [5.74, 6) is -0.245. The highest BCUT2D eigenvalue weighted by Gasteiger charge is 2.48. The quantitative estimate of drug-likeness (QED) is 0.0844. The van der Waals surface area contributed by atoms with E-state index >= 15 is 0 Å². The summed E-state index contributed by atoms with van der Waals surface area (Å²) in [5, 5.41) is 20.1. The Morgan fingerprint density at radius 2 is 1.70 bits per heavy atom. The average Bonchev–Trinajstić information content (AvgIpc) is 3.55. The second-order valence-electron chi connectivity index (χ2n) is 8.60. The van der Waals surface area contributed by atoms with Gasteiger partial charge in [-0.1, -0.05) is 59.5 Å². The number of ketones is 1. The van der Waals surface area contributed by atoms with Crippen LogP contribution in [0.2, 0.25) is 0 Å². The van der Waals surface area contributed by atoms with Gasteiger partial charge in [-0.2, -0.15) is 0 Å². The van der Waals surface area contributed by atoms with E-state index in [0.29, 0.717) is 45.9 Å². The first kappa shape index (κ1) is 27.4. The zero-order valence-corrected chi connectivity index (χ0v) is 23.4. The van der Waals surface area contributed by atoms with Gasteiger partial charge in [-0.05, 0) is 49.2 Å². The number of carbonyl (C=O) groups excluding carboxylic acids is 2. The molecule has 3 heterocycles. The molecule has 1 amide bonds. The molecule has 0 bridgehead atoms. The molecule has 4 aromatic rings. The molecule has 1 aliphatic rings. The topological polar surface area (TPSA) is 115 Å². The molecule has 40 heavy (non-hydrogen) atoms. The summed E-state index contributed by atoms with van der Waals surface area (Å²) in [6.45, 7) is 4.55. The Hall–Kier alpha value is -4.22. The molecule has 1 N–H and O–H groups in total. The number of aliphatic hydroxyl groups excluding tert-OH is 1. The van der Waals surface area contributed by atoms with Crippen molar-refractivity contribution in [2.75, 3.05) is 18.1 Å². The Morgan fingerprint density at radius 1 is 0.975 bits per heavy atom. The Bertz CT molecular complexity index is 1540. The highest BCUT2D eigenvalue weighted by molar-refractivity contribution is 8.00. The number of anilines is 1. The van der Waals surface area contributed by atoms with Crippen molar-refractivity contribution in [1.82, 2.24) is 15.2 Å². The van der Waals surface area contributed by atoms with Gasteiger partial charge < -0.3 is 14.6 Å². The first-order chi connectivity index (χ1) is 19.5. The van der Waals surface area contributed by atoms with Crippen molar-refractivity contribution < 1.29 is 24.2 Å². The maximum Gasteiger partial charge on any atom is 0.301 e. The minimum atomic E-state index is -0.969. The number of aliphatic hydroxyl groups is 1. The van der Waals surface area contributed by atoms with Crippen LogP contribution in [0.5, 0.6) is 11.5 Å². The van der Waals surface area contributed by atoms with E-state index in [-0.39, 0.29) is 16.5 Å². The molecule has 2 aromatic heterocycles. The van der Waals surface area contributed by atoms with Gasteiger partial charge in [0.1, 0.15) is 5.76 Å². The number of amides is 1. The third kappa shape index (κ3) is 5.56. The number of thioether (sulfide) groups is 1. The molecule has 2 aromatic carbocycles. The molecular formula is C29H26N4O5S2. The Labute approximate surface area is 239 Å². The highest BCUT2D eigenvalue weighted by Crippen LogP contribution is 2.45. The van der Waals surface area contributed by atoms with E-state index in [1.807, 2.05) is 44.2 Å². The number of benzene rings is 2. The zero-order valence-electron chi connectivity index (χ0n) is 21.8. The number of ether oxygens (including phenoxy) is 2. The molecule has 1 unspecified atom stereocenters. The summed E-state index contributed by atoms with van der Waals surface area (Å²) in [5.41, 5.74) is 1.98. The first-order valence-corrected chi connectivity index (χ1v) is 14.4. The highest BCUT2D eigenvalue weighted by atomic mass is 32.2. The van der Waals surface area contributed by atoms with Gasteiger partial charge in [0.15, 0.2) is 15.8 Å². The van der Waals surface area contributed by atoms with E-state index in [1.54, 1.807) is 30.3 Å². The van der Waals surface area contributed by atoms with Gasteiger partial charge in [0.05, 0.1) is 24.8 Å². The number of nitrogens with zero attached hydrogens (tertiary/aromatic N) is 4. The van der Waals surface area contributed by atoms with E-state index in [9.17, 15) is 14.7 Å². The maximum absolute atomic E-state index is 13.5. The number of hydrogen-bond acceptors (Lipinski definition) is 10. The smallest absolute Gasteiger partial charge is 0.301 e. The molecule has 204 valence electrons. The minimum Gasteiger partial charge on any atom is -0.507 e. The van der Waals surface area contributed by atoms with Crippen LogP contribution in [0.1, 0.15) is 36.6 Å². The van der Waals surface area contributed by atoms with Crippen molar-refractivity contribution in [3.05, 3.63) is 95.3 Å². The number of carbonyl (C=O) groups is 2. The van der Waals surface area contributed by atoms with Crippen molar-refractivity contribution in [2.45, 2.75) is 30.0 Å². The number of pyridine rings is 1. The van der Waals surface area contributed by atoms with Crippen molar-refractivity contribution >= 4 is 45.7 Å². The van der Waals surface area contributed by atoms with Crippen LogP contribution in [-0.2, 0) is 15.3 Å². The van der Waals surface area contributed by atoms with Gasteiger partial charge in [-0.25, -0.2) is 0 Å². The van der Waals surface area contributed by atoms with Crippen LogP contribution < -0.4 is 14.4 Å². The van der Waals surface area contributed by atoms with E-state index in [1.165, 1.54) is 40.4 Å². The molecule has 0 radical (unpaired) electrons. The maximum atomic E-state index is 13.5. The minimum absolute atomic E-state index is 0.0588. The molecule has 0 saturated carbocycles. The van der Waals surface area contributed by atoms with Crippen LogP contribution in [0.25, 0.3) is 5.76 Å². The van der Waals surface area contributed by atoms with Crippen molar-refractivity contribution in [3.63, 3.8) is 0 Å². The molecule has 1 atom stereocenters. The molecule has 9 nitrogen and oxygen atoms in total. The lowest BCUT2D eigenvalue weighted by Crippen LogP contribution is -2.29. The lowest BCUT2D eigenvalue weighted by atomic mass is 9.95. The molecule has 1 fully saturated rings. The normalized spacial score (nSPS) is 16.4. The summed E-state index contributed by atoms with van der Waals surface area (Å²) in [4.78, 5) is 32.2. The predicted octanol–water partition coefficient (Wildman–Crippen LogP) is 5.65. The van der Waals surface area contributed by atoms with E-state index in [2.05, 4.69) is 15.2 Å². The van der Waals surface area contributed by atoms with Gasteiger partial charge in [-0.3, -0.25) is 19.5 Å². The first-order valence-electron chi connectivity index (χ1n) is 12.6. The van der Waals surface area contributed by atoms with Crippen LogP contribution in [0, 0.1) is 0 Å².